The third kappa shape index (κ3) is 4.07. The van der Waals surface area contributed by atoms with Gasteiger partial charge in [-0.2, -0.15) is 9.97 Å². The van der Waals surface area contributed by atoms with Crippen LogP contribution in [0.4, 0.5) is 10.2 Å². The molecule has 38 heavy (non-hydrogen) atoms. The lowest BCUT2D eigenvalue weighted by Gasteiger charge is -2.34. The Morgan fingerprint density at radius 2 is 1.84 bits per heavy atom. The summed E-state index contributed by atoms with van der Waals surface area (Å²) in [7, 11) is 2.12. The third-order valence-corrected chi connectivity index (χ3v) is 8.60. The van der Waals surface area contributed by atoms with Crippen molar-refractivity contribution < 1.29 is 9.13 Å². The Morgan fingerprint density at radius 3 is 2.61 bits per heavy atom. The van der Waals surface area contributed by atoms with Crippen molar-refractivity contribution >= 4 is 27.5 Å². The lowest BCUT2D eigenvalue weighted by Crippen LogP contribution is -2.51. The van der Waals surface area contributed by atoms with Crippen LogP contribution in [0.25, 0.3) is 32.9 Å². The normalized spacial score (nSPS) is 23.6. The summed E-state index contributed by atoms with van der Waals surface area (Å²) in [6.45, 7) is 5.28. The van der Waals surface area contributed by atoms with Gasteiger partial charge in [0.25, 0.3) is 0 Å². The van der Waals surface area contributed by atoms with Crippen LogP contribution in [-0.2, 0) is 0 Å². The number of nitrogens with one attached hydrogen (secondary N) is 1. The van der Waals surface area contributed by atoms with Crippen LogP contribution in [0.1, 0.15) is 31.2 Å². The fraction of sp³-hybridized carbons (Fsp3) is 0.433. The Kier molecular flexibility index (Phi) is 5.89. The second-order valence-electron chi connectivity index (χ2n) is 11.1. The van der Waals surface area contributed by atoms with Gasteiger partial charge >= 0.3 is 6.01 Å². The topological polar surface area (TPSA) is 66.4 Å². The maximum absolute atomic E-state index is 16.5. The van der Waals surface area contributed by atoms with Gasteiger partial charge in [0.1, 0.15) is 23.6 Å². The van der Waals surface area contributed by atoms with E-state index in [9.17, 15) is 0 Å². The van der Waals surface area contributed by atoms with Crippen molar-refractivity contribution in [3.05, 3.63) is 54.0 Å². The van der Waals surface area contributed by atoms with Gasteiger partial charge in [0.05, 0.1) is 5.39 Å². The zero-order chi connectivity index (χ0) is 25.8. The van der Waals surface area contributed by atoms with Crippen molar-refractivity contribution in [2.45, 2.75) is 50.7 Å². The molecule has 0 amide bonds. The first-order valence-electron chi connectivity index (χ1n) is 13.7. The highest BCUT2D eigenvalue weighted by atomic mass is 19.1. The first-order chi connectivity index (χ1) is 18.5. The minimum Gasteiger partial charge on any atom is -0.462 e. The number of pyridine rings is 1. The van der Waals surface area contributed by atoms with Crippen LogP contribution in [-0.4, -0.2) is 71.3 Å². The van der Waals surface area contributed by atoms with Crippen LogP contribution in [0.5, 0.6) is 6.01 Å². The second-order valence-corrected chi connectivity index (χ2v) is 11.1. The van der Waals surface area contributed by atoms with E-state index in [4.69, 9.17) is 9.72 Å². The van der Waals surface area contributed by atoms with E-state index >= 15 is 4.39 Å². The fourth-order valence-corrected chi connectivity index (χ4v) is 6.57. The molecule has 0 radical (unpaired) electrons. The van der Waals surface area contributed by atoms with E-state index in [0.717, 1.165) is 73.0 Å². The van der Waals surface area contributed by atoms with Crippen LogP contribution in [0.2, 0.25) is 0 Å². The number of likely N-dealkylation sites (tertiary alicyclic amines) is 1. The molecule has 2 aromatic carbocycles. The highest BCUT2D eigenvalue weighted by Gasteiger charge is 2.34. The summed E-state index contributed by atoms with van der Waals surface area (Å²) in [4.78, 5) is 18.8. The molecule has 0 saturated carbocycles. The summed E-state index contributed by atoms with van der Waals surface area (Å²) in [5.41, 5.74) is 2.44. The zero-order valence-corrected chi connectivity index (χ0v) is 22.0. The largest absolute Gasteiger partial charge is 0.462 e. The number of benzene rings is 2. The summed E-state index contributed by atoms with van der Waals surface area (Å²) in [6.07, 6.45) is 6.29. The van der Waals surface area contributed by atoms with Gasteiger partial charge in [-0.1, -0.05) is 36.4 Å². The highest BCUT2D eigenvalue weighted by Crippen LogP contribution is 2.37. The monoisotopic (exact) mass is 512 g/mol. The average molecular weight is 513 g/mol. The number of hydrogen-bond donors (Lipinski definition) is 1. The SMILES string of the molecule is Cc1cccc2cccc(-c3ncc4c(N5CC6CCC(C5)N6)nc(OC[C@@H]5CCCN5C)nc4c3F)c12. The van der Waals surface area contributed by atoms with Crippen LogP contribution in [0, 0.1) is 12.7 Å². The van der Waals surface area contributed by atoms with Gasteiger partial charge in [0.2, 0.25) is 0 Å². The number of piperazine rings is 1. The molecule has 8 heteroatoms. The lowest BCUT2D eigenvalue weighted by atomic mass is 9.97. The molecule has 3 aliphatic heterocycles. The number of nitrogens with zero attached hydrogens (tertiary/aromatic N) is 5. The van der Waals surface area contributed by atoms with Gasteiger partial charge in [-0.3, -0.25) is 4.98 Å². The van der Waals surface area contributed by atoms with Crippen molar-refractivity contribution in [3.63, 3.8) is 0 Å². The molecule has 7 rings (SSSR count). The summed E-state index contributed by atoms with van der Waals surface area (Å²) >= 11 is 0. The number of rotatable bonds is 5. The number of likely N-dealkylation sites (N-methyl/N-ethyl adjacent to an activating group) is 1. The molecule has 196 valence electrons. The Balaban J connectivity index is 1.36. The van der Waals surface area contributed by atoms with E-state index in [-0.39, 0.29) is 11.5 Å². The minimum absolute atomic E-state index is 0.240. The predicted octanol–water partition coefficient (Wildman–Crippen LogP) is 4.71. The Morgan fingerprint density at radius 1 is 1.05 bits per heavy atom. The number of halogens is 1. The number of aromatic nitrogens is 3. The molecule has 1 N–H and O–H groups in total. The number of aryl methyl sites for hydroxylation is 1. The second kappa shape index (κ2) is 9.43. The smallest absolute Gasteiger partial charge is 0.319 e. The minimum atomic E-state index is -0.428. The van der Waals surface area contributed by atoms with Crippen molar-refractivity contribution in [1.82, 2.24) is 25.2 Å². The molecule has 4 aromatic rings. The van der Waals surface area contributed by atoms with Gasteiger partial charge in [0.15, 0.2) is 5.82 Å². The molecular weight excluding hydrogens is 479 g/mol. The molecule has 3 atom stereocenters. The Bertz CT molecular complexity index is 1510. The van der Waals surface area contributed by atoms with Crippen LogP contribution < -0.4 is 15.0 Å². The summed E-state index contributed by atoms with van der Waals surface area (Å²) in [6, 6.07) is 13.5. The molecular formula is C30H33FN6O. The number of anilines is 1. The van der Waals surface area contributed by atoms with E-state index in [2.05, 4.69) is 57.3 Å². The summed E-state index contributed by atoms with van der Waals surface area (Å²) in [5, 5.41) is 6.38. The predicted molar refractivity (Wildman–Crippen MR) is 148 cm³/mol. The van der Waals surface area contributed by atoms with E-state index in [1.54, 1.807) is 6.20 Å². The molecule has 0 aliphatic carbocycles. The molecule has 0 spiro atoms. The van der Waals surface area contributed by atoms with E-state index in [1.165, 1.54) is 0 Å². The summed E-state index contributed by atoms with van der Waals surface area (Å²) in [5.74, 6) is 0.290. The summed E-state index contributed by atoms with van der Waals surface area (Å²) < 4.78 is 22.6. The standard InChI is InChI=1S/C30H33FN6O/c1-18-6-3-7-19-8-4-10-23(25(18)19)27-26(31)28-24(14-32-27)29(37-15-20-11-12-21(16-37)33-20)35-30(34-28)38-17-22-9-5-13-36(22)2/h3-4,6-8,10,14,20-22,33H,5,9,11-13,15-17H2,1-2H3/t20?,21?,22-/m0/s1. The maximum Gasteiger partial charge on any atom is 0.319 e. The Hall–Kier alpha value is -3.36. The van der Waals surface area contributed by atoms with Crippen LogP contribution in [0.3, 0.4) is 0 Å². The van der Waals surface area contributed by atoms with Gasteiger partial charge in [0, 0.05) is 43.0 Å². The van der Waals surface area contributed by atoms with Gasteiger partial charge < -0.3 is 19.9 Å². The zero-order valence-electron chi connectivity index (χ0n) is 22.0. The first kappa shape index (κ1) is 23.7. The molecule has 3 aliphatic rings. The molecule has 3 fully saturated rings. The van der Waals surface area contributed by atoms with Crippen molar-refractivity contribution in [1.29, 1.82) is 0 Å². The quantitative estimate of drug-likeness (QED) is 0.416. The fourth-order valence-electron chi connectivity index (χ4n) is 6.57. The molecule has 3 saturated heterocycles. The molecule has 2 bridgehead atoms. The first-order valence-corrected chi connectivity index (χ1v) is 13.7. The molecule has 2 unspecified atom stereocenters. The van der Waals surface area contributed by atoms with Crippen molar-refractivity contribution in [2.24, 2.45) is 0 Å². The van der Waals surface area contributed by atoms with E-state index < -0.39 is 5.82 Å². The van der Waals surface area contributed by atoms with E-state index in [1.807, 2.05) is 18.2 Å². The van der Waals surface area contributed by atoms with Gasteiger partial charge in [-0.05, 0) is 62.5 Å². The highest BCUT2D eigenvalue weighted by molar-refractivity contribution is 6.00. The molecule has 7 nitrogen and oxygen atoms in total. The van der Waals surface area contributed by atoms with Crippen LogP contribution in [0.15, 0.2) is 42.6 Å². The van der Waals surface area contributed by atoms with Gasteiger partial charge in [-0.25, -0.2) is 4.39 Å². The lowest BCUT2D eigenvalue weighted by molar-refractivity contribution is 0.188. The Labute approximate surface area is 222 Å². The van der Waals surface area contributed by atoms with Crippen molar-refractivity contribution in [2.75, 3.05) is 38.2 Å². The average Bonchev–Trinajstić information content (AvgIpc) is 3.50. The molecule has 5 heterocycles. The van der Waals surface area contributed by atoms with Crippen LogP contribution >= 0.6 is 0 Å². The number of hydrogen-bond acceptors (Lipinski definition) is 7. The maximum atomic E-state index is 16.5. The van der Waals surface area contributed by atoms with Gasteiger partial charge in [-0.15, -0.1) is 0 Å². The molecule has 2 aromatic heterocycles. The van der Waals surface area contributed by atoms with Crippen molar-refractivity contribution in [3.8, 4) is 17.3 Å². The number of ether oxygens (including phenoxy) is 1. The van der Waals surface area contributed by atoms with E-state index in [0.29, 0.717) is 35.8 Å². The third-order valence-electron chi connectivity index (χ3n) is 8.60. The number of fused-ring (bicyclic) bond motifs is 4.